The molecule has 0 aromatic heterocycles. The van der Waals surface area contributed by atoms with Gasteiger partial charge in [-0.3, -0.25) is 0 Å². The third-order valence-corrected chi connectivity index (χ3v) is 6.66. The number of carbonyl (C=O) groups excluding carboxylic acids is 3. The second kappa shape index (κ2) is 7.55. The van der Waals surface area contributed by atoms with Crippen molar-refractivity contribution in [1.82, 2.24) is 0 Å². The van der Waals surface area contributed by atoms with Crippen LogP contribution in [0.3, 0.4) is 0 Å². The Kier molecular flexibility index (Phi) is 6.32. The zero-order chi connectivity index (χ0) is 20.3. The van der Waals surface area contributed by atoms with E-state index in [9.17, 15) is 43.8 Å². The molecule has 1 aromatic rings. The van der Waals surface area contributed by atoms with Crippen molar-refractivity contribution in [2.24, 2.45) is 0 Å². The molecule has 1 aromatic carbocycles. The van der Waals surface area contributed by atoms with Crippen LogP contribution in [0.2, 0.25) is 0 Å². The molecular formula is C12H7F6IO7. The van der Waals surface area contributed by atoms with E-state index in [1.807, 2.05) is 0 Å². The second-order valence-corrected chi connectivity index (χ2v) is 8.56. The van der Waals surface area contributed by atoms with Crippen LogP contribution >= 0.6 is 19.3 Å². The Labute approximate surface area is 145 Å². The van der Waals surface area contributed by atoms with Gasteiger partial charge in [-0.05, 0) is 0 Å². The average Bonchev–Trinajstić information content (AvgIpc) is 2.52. The van der Waals surface area contributed by atoms with Crippen LogP contribution in [0.5, 0.6) is 0 Å². The molecule has 0 aliphatic carbocycles. The Bertz CT molecular complexity index is 738. The molecule has 0 saturated carbocycles. The topological polar surface area (TPSA) is 96.0 Å². The fourth-order valence-electron chi connectivity index (χ4n) is 1.31. The molecule has 0 radical (unpaired) electrons. The summed E-state index contributed by atoms with van der Waals surface area (Å²) in [4.78, 5) is 33.5. The van der Waals surface area contributed by atoms with Gasteiger partial charge in [-0.25, -0.2) is 0 Å². The number of halogens is 7. The van der Waals surface area contributed by atoms with Gasteiger partial charge in [0.25, 0.3) is 0 Å². The fourth-order valence-corrected chi connectivity index (χ4v) is 5.19. The summed E-state index contributed by atoms with van der Waals surface area (Å²) in [5, 5.41) is 0. The summed E-state index contributed by atoms with van der Waals surface area (Å²) in [5.74, 6) is -7.67. The Balaban J connectivity index is 3.52. The van der Waals surface area contributed by atoms with E-state index in [0.717, 1.165) is 25.3 Å². The monoisotopic (exact) mass is 504 g/mol. The van der Waals surface area contributed by atoms with Gasteiger partial charge >= 0.3 is 145 Å². The predicted molar refractivity (Wildman–Crippen MR) is 75.5 cm³/mol. The van der Waals surface area contributed by atoms with E-state index in [2.05, 4.69) is 10.9 Å². The first-order chi connectivity index (χ1) is 11.7. The molecule has 1 rings (SSSR count). The van der Waals surface area contributed by atoms with Gasteiger partial charge in [-0.2, -0.15) is 0 Å². The van der Waals surface area contributed by atoms with E-state index in [1.54, 1.807) is 0 Å². The molecular weight excluding hydrogens is 497 g/mol. The van der Waals surface area contributed by atoms with Gasteiger partial charge in [0.15, 0.2) is 0 Å². The second-order valence-electron chi connectivity index (χ2n) is 4.12. The van der Waals surface area contributed by atoms with E-state index < -0.39 is 58.6 Å². The van der Waals surface area contributed by atoms with Crippen molar-refractivity contribution >= 4 is 37.2 Å². The van der Waals surface area contributed by atoms with Gasteiger partial charge in [0, 0.05) is 0 Å². The van der Waals surface area contributed by atoms with Crippen LogP contribution in [-0.2, 0) is 23.5 Å². The number of esters is 1. The van der Waals surface area contributed by atoms with E-state index in [0.29, 0.717) is 6.07 Å². The van der Waals surface area contributed by atoms with E-state index in [-0.39, 0.29) is 0 Å². The van der Waals surface area contributed by atoms with Gasteiger partial charge in [0.05, 0.1) is 0 Å². The van der Waals surface area contributed by atoms with E-state index >= 15 is 0 Å². The zero-order valence-electron chi connectivity index (χ0n) is 12.3. The number of hydrogen-bond acceptors (Lipinski definition) is 7. The van der Waals surface area contributed by atoms with Crippen molar-refractivity contribution in [3.63, 3.8) is 0 Å². The molecule has 0 N–H and O–H groups in total. The first-order valence-corrected chi connectivity index (χ1v) is 9.72. The number of methoxy groups -OCH3 is 1. The molecule has 0 heterocycles. The first-order valence-electron chi connectivity index (χ1n) is 6.00. The minimum atomic E-state index is -6.82. The number of ether oxygens (including phenoxy) is 1. The van der Waals surface area contributed by atoms with Gasteiger partial charge in [-0.15, -0.1) is 0 Å². The molecule has 0 aliphatic rings. The molecule has 0 saturated heterocycles. The molecule has 0 bridgehead atoms. The van der Waals surface area contributed by atoms with Crippen molar-refractivity contribution < 1.29 is 54.7 Å². The Morgan fingerprint density at radius 2 is 1.31 bits per heavy atom. The summed E-state index contributed by atoms with van der Waals surface area (Å²) in [7, 11) is 0.807. The minimum absolute atomic E-state index is 0.600. The Hall–Kier alpha value is -2.26. The molecule has 0 amide bonds. The summed E-state index contributed by atoms with van der Waals surface area (Å²) in [5.41, 5.74) is -0.814. The third-order valence-electron chi connectivity index (χ3n) is 2.33. The molecule has 0 spiro atoms. The third kappa shape index (κ3) is 5.12. The van der Waals surface area contributed by atoms with Crippen molar-refractivity contribution in [3.8, 4) is 0 Å². The van der Waals surface area contributed by atoms with Crippen LogP contribution in [-0.4, -0.2) is 37.4 Å². The number of alkyl halides is 6. The molecule has 146 valence electrons. The van der Waals surface area contributed by atoms with E-state index in [4.69, 9.17) is 0 Å². The summed E-state index contributed by atoms with van der Waals surface area (Å²) in [6.45, 7) is 0. The number of rotatable bonds is 4. The van der Waals surface area contributed by atoms with Crippen LogP contribution in [0.1, 0.15) is 10.4 Å². The van der Waals surface area contributed by atoms with Crippen molar-refractivity contribution in [2.75, 3.05) is 7.11 Å². The van der Waals surface area contributed by atoms with Gasteiger partial charge in [0.1, 0.15) is 0 Å². The molecule has 14 heteroatoms. The van der Waals surface area contributed by atoms with Crippen molar-refractivity contribution in [1.29, 1.82) is 0 Å². The molecule has 7 nitrogen and oxygen atoms in total. The SMILES string of the molecule is COC(=O)c1ccccc1I(=O)(OC(=O)C(F)(F)F)OC(=O)C(F)(F)F. The van der Waals surface area contributed by atoms with Crippen LogP contribution in [0, 0.1) is 3.57 Å². The Morgan fingerprint density at radius 1 is 0.885 bits per heavy atom. The first kappa shape index (κ1) is 21.8. The van der Waals surface area contributed by atoms with Crippen LogP contribution in [0.25, 0.3) is 0 Å². The molecule has 0 unspecified atom stereocenters. The van der Waals surface area contributed by atoms with Crippen molar-refractivity contribution in [3.05, 3.63) is 33.4 Å². The average molecular weight is 504 g/mol. The molecule has 0 fully saturated rings. The van der Waals surface area contributed by atoms with Crippen LogP contribution in [0.4, 0.5) is 26.3 Å². The zero-order valence-corrected chi connectivity index (χ0v) is 14.5. The normalized spacial score (nSPS) is 12.9. The van der Waals surface area contributed by atoms with Gasteiger partial charge in [-0.1, -0.05) is 0 Å². The van der Waals surface area contributed by atoms with E-state index in [1.165, 1.54) is 0 Å². The number of hydrogen-bond donors (Lipinski definition) is 0. The van der Waals surface area contributed by atoms with Gasteiger partial charge < -0.3 is 0 Å². The summed E-state index contributed by atoms with van der Waals surface area (Å²) >= 11 is -6.82. The molecule has 0 atom stereocenters. The predicted octanol–water partition coefficient (Wildman–Crippen LogP) is 3.07. The maximum atomic E-state index is 12.5. The number of benzene rings is 1. The quantitative estimate of drug-likeness (QED) is 0.354. The summed E-state index contributed by atoms with van der Waals surface area (Å²) < 4.78 is 97.0. The summed E-state index contributed by atoms with van der Waals surface area (Å²) in [6, 6.07) is 3.44. The standard InChI is InChI=1S/C12H7F6IO7/c1-24-8(20)6-4-2-3-5-7(6)19(23,25-9(21)11(13,14)15)26-10(22)12(16,17)18/h2-5H,1H3. The van der Waals surface area contributed by atoms with Crippen LogP contribution in [0.15, 0.2) is 24.3 Å². The van der Waals surface area contributed by atoms with Crippen molar-refractivity contribution in [2.45, 2.75) is 12.4 Å². The Morgan fingerprint density at radius 3 is 1.69 bits per heavy atom. The summed E-state index contributed by atoms with van der Waals surface area (Å²) in [6.07, 6.45) is -11.5. The maximum absolute atomic E-state index is 12.5. The van der Waals surface area contributed by atoms with Gasteiger partial charge in [0.2, 0.25) is 0 Å². The van der Waals surface area contributed by atoms with Crippen LogP contribution < -0.4 is 0 Å². The molecule has 26 heavy (non-hydrogen) atoms. The molecule has 0 aliphatic heterocycles. The number of carbonyl (C=O) groups is 3. The fraction of sp³-hybridized carbons (Fsp3) is 0.250.